The highest BCUT2D eigenvalue weighted by Gasteiger charge is 2.28. The highest BCUT2D eigenvalue weighted by molar-refractivity contribution is 6.35. The zero-order valence-corrected chi connectivity index (χ0v) is 15.9. The standard InChI is InChI=1S/C22H13Cl2FO3/c23-15-6-5-13(18(24)10-15)9-21-22(26)17-8-7-16(11-20(17)28-21)27-12-14-3-1-2-4-19(14)25/h1-11H,12H2/b21-9-. The second-order valence-corrected chi connectivity index (χ2v) is 6.99. The van der Waals surface area contributed by atoms with Crippen LogP contribution in [-0.4, -0.2) is 5.78 Å². The molecular formula is C22H13Cl2FO3. The SMILES string of the molecule is O=C1/C(=C/c2ccc(Cl)cc2Cl)Oc2cc(OCc3ccccc3F)ccc21. The normalized spacial score (nSPS) is 14.1. The molecule has 4 rings (SSSR count). The number of halogens is 3. The summed E-state index contributed by atoms with van der Waals surface area (Å²) >= 11 is 12.1. The summed E-state index contributed by atoms with van der Waals surface area (Å²) in [6.45, 7) is 0.0719. The van der Waals surface area contributed by atoms with Crippen LogP contribution in [0.1, 0.15) is 21.5 Å². The fourth-order valence-corrected chi connectivity index (χ4v) is 3.26. The third-order valence-electron chi connectivity index (χ3n) is 4.24. The van der Waals surface area contributed by atoms with Crippen molar-refractivity contribution in [3.63, 3.8) is 0 Å². The van der Waals surface area contributed by atoms with Crippen molar-refractivity contribution in [2.45, 2.75) is 6.61 Å². The van der Waals surface area contributed by atoms with Gasteiger partial charge in [0, 0.05) is 21.7 Å². The van der Waals surface area contributed by atoms with Crippen LogP contribution in [0.3, 0.4) is 0 Å². The number of allylic oxidation sites excluding steroid dienone is 1. The van der Waals surface area contributed by atoms with Gasteiger partial charge >= 0.3 is 0 Å². The minimum atomic E-state index is -0.333. The van der Waals surface area contributed by atoms with Gasteiger partial charge < -0.3 is 9.47 Å². The van der Waals surface area contributed by atoms with E-state index in [0.717, 1.165) is 0 Å². The van der Waals surface area contributed by atoms with E-state index in [1.54, 1.807) is 60.7 Å². The summed E-state index contributed by atoms with van der Waals surface area (Å²) in [6.07, 6.45) is 1.57. The van der Waals surface area contributed by atoms with Crippen LogP contribution < -0.4 is 9.47 Å². The van der Waals surface area contributed by atoms with Crippen molar-refractivity contribution in [3.05, 3.63) is 99.0 Å². The van der Waals surface area contributed by atoms with Crippen LogP contribution in [0.15, 0.2) is 66.4 Å². The molecule has 6 heteroatoms. The Labute approximate surface area is 170 Å². The summed E-state index contributed by atoms with van der Waals surface area (Å²) in [5, 5.41) is 0.923. The topological polar surface area (TPSA) is 35.5 Å². The number of rotatable bonds is 4. The summed E-state index contributed by atoms with van der Waals surface area (Å²) in [5.74, 6) is 0.431. The first-order valence-corrected chi connectivity index (χ1v) is 9.16. The number of carbonyl (C=O) groups is 1. The maximum Gasteiger partial charge on any atom is 0.231 e. The van der Waals surface area contributed by atoms with Gasteiger partial charge in [-0.25, -0.2) is 4.39 Å². The van der Waals surface area contributed by atoms with E-state index >= 15 is 0 Å². The quantitative estimate of drug-likeness (QED) is 0.468. The summed E-state index contributed by atoms with van der Waals surface area (Å²) in [6, 6.07) is 16.3. The molecule has 0 atom stereocenters. The molecule has 0 aliphatic carbocycles. The lowest BCUT2D eigenvalue weighted by molar-refractivity contribution is 0.101. The molecule has 0 amide bonds. The Balaban J connectivity index is 1.54. The highest BCUT2D eigenvalue weighted by Crippen LogP contribution is 2.36. The van der Waals surface area contributed by atoms with Gasteiger partial charge in [-0.2, -0.15) is 0 Å². The molecule has 0 N–H and O–H groups in total. The Morgan fingerprint density at radius 1 is 1.04 bits per heavy atom. The number of fused-ring (bicyclic) bond motifs is 1. The third kappa shape index (κ3) is 3.75. The van der Waals surface area contributed by atoms with Crippen LogP contribution in [0.4, 0.5) is 4.39 Å². The number of carbonyl (C=O) groups excluding carboxylic acids is 1. The number of hydrogen-bond donors (Lipinski definition) is 0. The molecule has 1 aliphatic heterocycles. The number of Topliss-reactive ketones (excluding diaryl/α,β-unsaturated/α-hetero) is 1. The Kier molecular flexibility index (Phi) is 5.07. The van der Waals surface area contributed by atoms with Gasteiger partial charge in [-0.05, 0) is 42.0 Å². The van der Waals surface area contributed by atoms with Crippen molar-refractivity contribution in [1.29, 1.82) is 0 Å². The van der Waals surface area contributed by atoms with Crippen molar-refractivity contribution in [2.75, 3.05) is 0 Å². The van der Waals surface area contributed by atoms with Gasteiger partial charge in [-0.3, -0.25) is 4.79 Å². The van der Waals surface area contributed by atoms with Crippen LogP contribution in [0, 0.1) is 5.82 Å². The summed E-state index contributed by atoms with van der Waals surface area (Å²) in [4.78, 5) is 12.6. The van der Waals surface area contributed by atoms with Crippen LogP contribution in [0.25, 0.3) is 6.08 Å². The minimum absolute atomic E-state index is 0.0719. The van der Waals surface area contributed by atoms with Crippen molar-refractivity contribution in [2.24, 2.45) is 0 Å². The summed E-state index contributed by atoms with van der Waals surface area (Å²) in [5.41, 5.74) is 1.49. The molecule has 0 unspecified atom stereocenters. The smallest absolute Gasteiger partial charge is 0.231 e. The Hall–Kier alpha value is -2.82. The third-order valence-corrected chi connectivity index (χ3v) is 4.81. The number of benzene rings is 3. The molecule has 0 saturated heterocycles. The van der Waals surface area contributed by atoms with E-state index in [4.69, 9.17) is 32.7 Å². The van der Waals surface area contributed by atoms with Gasteiger partial charge in [-0.1, -0.05) is 47.5 Å². The molecule has 3 aromatic carbocycles. The molecule has 0 saturated carbocycles. The predicted octanol–water partition coefficient (Wildman–Crippen LogP) is 6.33. The predicted molar refractivity (Wildman–Crippen MR) is 107 cm³/mol. The lowest BCUT2D eigenvalue weighted by Gasteiger charge is -2.08. The Morgan fingerprint density at radius 3 is 2.64 bits per heavy atom. The maximum atomic E-state index is 13.7. The second-order valence-electron chi connectivity index (χ2n) is 6.14. The molecule has 1 aliphatic rings. The van der Waals surface area contributed by atoms with Gasteiger partial charge in [0.25, 0.3) is 0 Å². The molecule has 3 aromatic rings. The first kappa shape index (κ1) is 18.5. The molecular weight excluding hydrogens is 402 g/mol. The van der Waals surface area contributed by atoms with Gasteiger partial charge in [0.05, 0.1) is 5.56 Å². The van der Waals surface area contributed by atoms with Crippen molar-refractivity contribution >= 4 is 35.1 Å². The zero-order chi connectivity index (χ0) is 19.7. The van der Waals surface area contributed by atoms with Crippen LogP contribution in [-0.2, 0) is 6.61 Å². The fourth-order valence-electron chi connectivity index (χ4n) is 2.79. The number of hydrogen-bond acceptors (Lipinski definition) is 3. The van der Waals surface area contributed by atoms with Crippen molar-refractivity contribution in [3.8, 4) is 11.5 Å². The molecule has 0 aromatic heterocycles. The van der Waals surface area contributed by atoms with E-state index in [0.29, 0.717) is 38.2 Å². The zero-order valence-electron chi connectivity index (χ0n) is 14.4. The van der Waals surface area contributed by atoms with Gasteiger partial charge in [0.2, 0.25) is 5.78 Å². The van der Waals surface area contributed by atoms with Crippen molar-refractivity contribution < 1.29 is 18.7 Å². The average Bonchev–Trinajstić information content (AvgIpc) is 2.98. The van der Waals surface area contributed by atoms with E-state index in [1.165, 1.54) is 6.07 Å². The van der Waals surface area contributed by atoms with E-state index in [9.17, 15) is 9.18 Å². The number of ether oxygens (including phenoxy) is 2. The number of ketones is 1. The second kappa shape index (κ2) is 7.66. The van der Waals surface area contributed by atoms with Gasteiger partial charge in [-0.15, -0.1) is 0 Å². The monoisotopic (exact) mass is 414 g/mol. The Bertz CT molecular complexity index is 1110. The van der Waals surface area contributed by atoms with E-state index in [-0.39, 0.29) is 24.0 Å². The molecule has 140 valence electrons. The molecule has 3 nitrogen and oxygen atoms in total. The first-order chi connectivity index (χ1) is 13.5. The van der Waals surface area contributed by atoms with Gasteiger partial charge in [0.15, 0.2) is 5.76 Å². The molecule has 0 radical (unpaired) electrons. The van der Waals surface area contributed by atoms with Crippen molar-refractivity contribution in [1.82, 2.24) is 0 Å². The molecule has 0 bridgehead atoms. The first-order valence-electron chi connectivity index (χ1n) is 8.41. The molecule has 0 spiro atoms. The molecule has 1 heterocycles. The van der Waals surface area contributed by atoms with Crippen LogP contribution in [0.5, 0.6) is 11.5 Å². The summed E-state index contributed by atoms with van der Waals surface area (Å²) < 4.78 is 25.0. The largest absolute Gasteiger partial charge is 0.489 e. The molecule has 0 fully saturated rings. The Morgan fingerprint density at radius 2 is 1.86 bits per heavy atom. The lowest BCUT2D eigenvalue weighted by Crippen LogP contribution is -1.98. The lowest BCUT2D eigenvalue weighted by atomic mass is 10.1. The van der Waals surface area contributed by atoms with Crippen LogP contribution >= 0.6 is 23.2 Å². The van der Waals surface area contributed by atoms with E-state index in [1.807, 2.05) is 0 Å². The van der Waals surface area contributed by atoms with E-state index in [2.05, 4.69) is 0 Å². The molecule has 28 heavy (non-hydrogen) atoms. The summed E-state index contributed by atoms with van der Waals surface area (Å²) in [7, 11) is 0. The van der Waals surface area contributed by atoms with Gasteiger partial charge in [0.1, 0.15) is 23.9 Å². The average molecular weight is 415 g/mol. The highest BCUT2D eigenvalue weighted by atomic mass is 35.5. The minimum Gasteiger partial charge on any atom is -0.489 e. The fraction of sp³-hybridized carbons (Fsp3) is 0.0455. The van der Waals surface area contributed by atoms with E-state index < -0.39 is 0 Å². The maximum absolute atomic E-state index is 13.7. The van der Waals surface area contributed by atoms with Crippen LogP contribution in [0.2, 0.25) is 10.0 Å².